The van der Waals surface area contributed by atoms with Gasteiger partial charge in [-0.3, -0.25) is 9.69 Å². The molecule has 9 heteroatoms. The molecule has 28 heavy (non-hydrogen) atoms. The normalized spacial score (nSPS) is 15.6. The molecule has 140 valence electrons. The number of nitrogens with zero attached hydrogens (tertiary/aromatic N) is 1. The van der Waals surface area contributed by atoms with Gasteiger partial charge in [0.1, 0.15) is 11.5 Å². The van der Waals surface area contributed by atoms with E-state index >= 15 is 0 Å². The summed E-state index contributed by atoms with van der Waals surface area (Å²) in [5, 5.41) is 9.00. The number of rotatable bonds is 4. The number of hydrogen-bond acceptors (Lipinski definition) is 6. The quantitative estimate of drug-likeness (QED) is 0.404. The van der Waals surface area contributed by atoms with E-state index in [1.165, 1.54) is 40.1 Å². The molecule has 1 amide bonds. The topological polar surface area (TPSA) is 70.8 Å². The van der Waals surface area contributed by atoms with Crippen molar-refractivity contribution in [1.82, 2.24) is 0 Å². The third-order valence-corrected chi connectivity index (χ3v) is 6.43. The average Bonchev–Trinajstić information content (AvgIpc) is 3.36. The van der Waals surface area contributed by atoms with Gasteiger partial charge in [-0.05, 0) is 48.5 Å². The number of thiophene rings is 1. The molecule has 0 saturated carbocycles. The fourth-order valence-corrected chi connectivity index (χ4v) is 4.87. The molecule has 2 aromatic heterocycles. The van der Waals surface area contributed by atoms with Gasteiger partial charge < -0.3 is 9.52 Å². The Labute approximate surface area is 178 Å². The summed E-state index contributed by atoms with van der Waals surface area (Å²) in [6.45, 7) is 0. The Morgan fingerprint density at radius 3 is 2.54 bits per heavy atom. The summed E-state index contributed by atoms with van der Waals surface area (Å²) in [5.74, 6) is -0.114. The predicted molar refractivity (Wildman–Crippen MR) is 116 cm³/mol. The number of hydrogen-bond donors (Lipinski definition) is 1. The van der Waals surface area contributed by atoms with Gasteiger partial charge >= 0.3 is 5.97 Å². The Morgan fingerprint density at radius 2 is 1.89 bits per heavy atom. The highest BCUT2D eigenvalue weighted by Crippen LogP contribution is 2.37. The number of thiocarbonyl (C=S) groups is 1. The minimum Gasteiger partial charge on any atom is -0.478 e. The number of thioether (sulfide) groups is 1. The van der Waals surface area contributed by atoms with E-state index < -0.39 is 5.97 Å². The summed E-state index contributed by atoms with van der Waals surface area (Å²) in [4.78, 5) is 26.5. The molecule has 4 rings (SSSR count). The maximum absolute atomic E-state index is 12.8. The molecule has 1 aliphatic rings. The number of carboxylic acid groups (broad SMARTS) is 1. The second kappa shape index (κ2) is 7.56. The fraction of sp³-hybridized carbons (Fsp3) is 0. The van der Waals surface area contributed by atoms with Crippen LogP contribution in [0.25, 0.3) is 16.7 Å². The molecule has 0 spiro atoms. The zero-order chi connectivity index (χ0) is 19.8. The zero-order valence-corrected chi connectivity index (χ0v) is 17.1. The molecule has 5 nitrogen and oxygen atoms in total. The van der Waals surface area contributed by atoms with Gasteiger partial charge in [-0.15, -0.1) is 11.3 Å². The lowest BCUT2D eigenvalue weighted by Crippen LogP contribution is -2.27. The van der Waals surface area contributed by atoms with Crippen LogP contribution in [0.2, 0.25) is 4.34 Å². The fourth-order valence-electron chi connectivity index (χ4n) is 2.58. The molecule has 1 aromatic carbocycles. The maximum atomic E-state index is 12.8. The van der Waals surface area contributed by atoms with E-state index in [0.717, 1.165) is 4.88 Å². The summed E-state index contributed by atoms with van der Waals surface area (Å²) in [7, 11) is 0. The van der Waals surface area contributed by atoms with Gasteiger partial charge in [0, 0.05) is 6.08 Å². The highest BCUT2D eigenvalue weighted by Gasteiger charge is 2.33. The Kier molecular flexibility index (Phi) is 5.11. The first-order valence-electron chi connectivity index (χ1n) is 7.89. The summed E-state index contributed by atoms with van der Waals surface area (Å²) in [5.41, 5.74) is 0.658. The Bertz CT molecular complexity index is 1130. The van der Waals surface area contributed by atoms with Crippen molar-refractivity contribution in [3.05, 3.63) is 69.1 Å². The van der Waals surface area contributed by atoms with Crippen LogP contribution in [0, 0.1) is 0 Å². The van der Waals surface area contributed by atoms with Crippen LogP contribution >= 0.6 is 46.9 Å². The van der Waals surface area contributed by atoms with Crippen molar-refractivity contribution < 1.29 is 19.1 Å². The predicted octanol–water partition coefficient (Wildman–Crippen LogP) is 5.77. The molecule has 1 saturated heterocycles. The van der Waals surface area contributed by atoms with E-state index in [1.54, 1.807) is 30.3 Å². The lowest BCUT2D eigenvalue weighted by molar-refractivity contribution is -0.113. The van der Waals surface area contributed by atoms with Crippen molar-refractivity contribution in [1.29, 1.82) is 0 Å². The molecule has 0 radical (unpaired) electrons. The van der Waals surface area contributed by atoms with Crippen LogP contribution in [0.3, 0.4) is 0 Å². The van der Waals surface area contributed by atoms with Crippen LogP contribution in [0.5, 0.6) is 0 Å². The van der Waals surface area contributed by atoms with Gasteiger partial charge in [-0.1, -0.05) is 35.6 Å². The van der Waals surface area contributed by atoms with Gasteiger partial charge in [0.15, 0.2) is 4.32 Å². The molecule has 1 N–H and O–H groups in total. The van der Waals surface area contributed by atoms with Gasteiger partial charge in [0.2, 0.25) is 0 Å². The number of aromatic carboxylic acids is 1. The standard InChI is InChI=1S/C19H10ClNO4S3/c20-16-8-7-14(27-16)13-6-5-12(25-13)9-15-17(22)21(19(26)28-15)11-3-1-10(2-4-11)18(23)24/h1-9H,(H,23,24)/b15-9+. The number of carbonyl (C=O) groups excluding carboxylic acids is 1. The van der Waals surface area contributed by atoms with E-state index in [1.807, 2.05) is 12.1 Å². The lowest BCUT2D eigenvalue weighted by Gasteiger charge is -2.14. The molecule has 0 unspecified atom stereocenters. The Hall–Kier alpha value is -2.39. The van der Waals surface area contributed by atoms with Crippen LogP contribution in [-0.4, -0.2) is 21.3 Å². The number of carbonyl (C=O) groups is 2. The second-order valence-electron chi connectivity index (χ2n) is 5.67. The van der Waals surface area contributed by atoms with E-state index in [0.29, 0.717) is 30.8 Å². The van der Waals surface area contributed by atoms with E-state index in [-0.39, 0.29) is 11.5 Å². The van der Waals surface area contributed by atoms with Gasteiger partial charge in [0.05, 0.1) is 25.4 Å². The average molecular weight is 448 g/mol. The minimum absolute atomic E-state index is 0.140. The summed E-state index contributed by atoms with van der Waals surface area (Å²) < 4.78 is 6.83. The summed E-state index contributed by atoms with van der Waals surface area (Å²) >= 11 is 13.9. The van der Waals surface area contributed by atoms with Gasteiger partial charge in [0.25, 0.3) is 5.91 Å². The monoisotopic (exact) mass is 447 g/mol. The van der Waals surface area contributed by atoms with Crippen molar-refractivity contribution in [2.45, 2.75) is 0 Å². The molecule has 0 atom stereocenters. The van der Waals surface area contributed by atoms with E-state index in [9.17, 15) is 9.59 Å². The number of furan rings is 1. The summed E-state index contributed by atoms with van der Waals surface area (Å²) in [6, 6.07) is 13.2. The molecule has 3 aromatic rings. The first kappa shape index (κ1) is 18.9. The molecule has 1 aliphatic heterocycles. The molecule has 0 aliphatic carbocycles. The lowest BCUT2D eigenvalue weighted by atomic mass is 10.2. The SMILES string of the molecule is O=C(O)c1ccc(N2C(=O)/C(=C\c3ccc(-c4ccc(Cl)s4)o3)SC2=S)cc1. The van der Waals surface area contributed by atoms with E-state index in [2.05, 4.69) is 0 Å². The largest absolute Gasteiger partial charge is 0.478 e. The molecular formula is C19H10ClNO4S3. The maximum Gasteiger partial charge on any atom is 0.335 e. The van der Waals surface area contributed by atoms with Crippen LogP contribution in [-0.2, 0) is 4.79 Å². The smallest absolute Gasteiger partial charge is 0.335 e. The molecule has 0 bridgehead atoms. The third kappa shape index (κ3) is 3.64. The van der Waals surface area contributed by atoms with Crippen molar-refractivity contribution in [3.63, 3.8) is 0 Å². The number of amides is 1. The molecule has 1 fully saturated rings. The molecular weight excluding hydrogens is 438 g/mol. The van der Waals surface area contributed by atoms with Crippen molar-refractivity contribution in [2.24, 2.45) is 0 Å². The van der Waals surface area contributed by atoms with Gasteiger partial charge in [-0.2, -0.15) is 0 Å². The molecule has 3 heterocycles. The first-order chi connectivity index (χ1) is 13.4. The van der Waals surface area contributed by atoms with Crippen LogP contribution in [0.15, 0.2) is 57.9 Å². The number of carboxylic acids is 1. The van der Waals surface area contributed by atoms with Gasteiger partial charge in [-0.25, -0.2) is 4.79 Å². The van der Waals surface area contributed by atoms with Crippen LogP contribution in [0.4, 0.5) is 5.69 Å². The van der Waals surface area contributed by atoms with Crippen LogP contribution < -0.4 is 4.90 Å². The number of halogens is 1. The second-order valence-corrected chi connectivity index (χ2v) is 9.07. The highest BCUT2D eigenvalue weighted by atomic mass is 35.5. The Morgan fingerprint density at radius 1 is 1.14 bits per heavy atom. The van der Waals surface area contributed by atoms with Crippen molar-refractivity contribution in [2.75, 3.05) is 4.90 Å². The number of anilines is 1. The first-order valence-corrected chi connectivity index (χ1v) is 10.3. The Balaban J connectivity index is 1.58. The number of benzene rings is 1. The minimum atomic E-state index is -1.03. The van der Waals surface area contributed by atoms with Crippen LogP contribution in [0.1, 0.15) is 16.1 Å². The van der Waals surface area contributed by atoms with E-state index in [4.69, 9.17) is 33.3 Å². The zero-order valence-electron chi connectivity index (χ0n) is 13.9. The third-order valence-electron chi connectivity index (χ3n) is 3.88. The highest BCUT2D eigenvalue weighted by molar-refractivity contribution is 8.27. The van der Waals surface area contributed by atoms with Crippen molar-refractivity contribution in [3.8, 4) is 10.6 Å². The van der Waals surface area contributed by atoms with Crippen molar-refractivity contribution >= 4 is 74.9 Å². The summed E-state index contributed by atoms with van der Waals surface area (Å²) in [6.07, 6.45) is 1.64.